The van der Waals surface area contributed by atoms with Gasteiger partial charge in [0.15, 0.2) is 0 Å². The number of hydrogen-bond donors (Lipinski definition) is 0. The zero-order valence-corrected chi connectivity index (χ0v) is 25.4. The Morgan fingerprint density at radius 1 is 0.435 bits per heavy atom. The summed E-state index contributed by atoms with van der Waals surface area (Å²) in [4.78, 5) is 9.48. The summed E-state index contributed by atoms with van der Waals surface area (Å²) < 4.78 is 2.22. The van der Waals surface area contributed by atoms with Gasteiger partial charge in [-0.25, -0.2) is 4.98 Å². The summed E-state index contributed by atoms with van der Waals surface area (Å²) in [6, 6.07) is 50.2. The highest BCUT2D eigenvalue weighted by atomic mass is 15.1. The lowest BCUT2D eigenvalue weighted by Crippen LogP contribution is -1.97. The van der Waals surface area contributed by atoms with Crippen molar-refractivity contribution in [2.45, 2.75) is 6.92 Å². The third kappa shape index (κ3) is 4.13. The van der Waals surface area contributed by atoms with E-state index >= 15 is 0 Å². The van der Waals surface area contributed by atoms with E-state index in [-0.39, 0.29) is 0 Å². The van der Waals surface area contributed by atoms with Crippen LogP contribution in [0.3, 0.4) is 0 Å². The first-order valence-corrected chi connectivity index (χ1v) is 15.7. The van der Waals surface area contributed by atoms with Crippen LogP contribution < -0.4 is 0 Å². The maximum absolute atomic E-state index is 5.04. The Hall–Kier alpha value is -6.06. The molecule has 0 fully saturated rings. The largest absolute Gasteiger partial charge is 0.292 e. The maximum Gasteiger partial charge on any atom is 0.137 e. The van der Waals surface area contributed by atoms with E-state index in [9.17, 15) is 0 Å². The molecule has 0 aliphatic carbocycles. The van der Waals surface area contributed by atoms with Gasteiger partial charge in [0.2, 0.25) is 0 Å². The minimum absolute atomic E-state index is 0.880. The average Bonchev–Trinajstić information content (AvgIpc) is 3.44. The molecule has 3 heterocycles. The van der Waals surface area contributed by atoms with Gasteiger partial charge in [0.1, 0.15) is 5.82 Å². The fourth-order valence-electron chi connectivity index (χ4n) is 7.10. The molecule has 3 nitrogen and oxygen atoms in total. The van der Waals surface area contributed by atoms with E-state index in [2.05, 4.69) is 156 Å². The molecule has 9 rings (SSSR count). The van der Waals surface area contributed by atoms with Crippen LogP contribution in [-0.2, 0) is 0 Å². The van der Waals surface area contributed by atoms with Crippen LogP contribution >= 0.6 is 0 Å². The predicted octanol–water partition coefficient (Wildman–Crippen LogP) is 11.2. The average molecular weight is 588 g/mol. The van der Waals surface area contributed by atoms with Crippen LogP contribution in [0.1, 0.15) is 5.56 Å². The van der Waals surface area contributed by atoms with Gasteiger partial charge < -0.3 is 0 Å². The molecule has 0 spiro atoms. The highest BCUT2D eigenvalue weighted by molar-refractivity contribution is 6.22. The molecule has 0 radical (unpaired) electrons. The van der Waals surface area contributed by atoms with E-state index in [1.54, 1.807) is 0 Å². The van der Waals surface area contributed by atoms with E-state index in [1.807, 2.05) is 18.6 Å². The molecule has 9 aromatic rings. The molecule has 0 saturated carbocycles. The molecule has 6 aromatic carbocycles. The van der Waals surface area contributed by atoms with Gasteiger partial charge in [-0.05, 0) is 92.2 Å². The molecule has 0 atom stereocenters. The number of benzene rings is 6. The van der Waals surface area contributed by atoms with Crippen molar-refractivity contribution in [3.05, 3.63) is 164 Å². The molecule has 216 valence electrons. The minimum atomic E-state index is 0.880. The standard InChI is InChI=1S/C43H29N3/c1-28-16-19-33-34-22-23-44-27-40(34)46(39(33)24-28)41-21-18-32(26-45-41)31-17-20-37-38(25-31)43(30-12-6-3-7-13-30)36-15-9-8-14-35(36)42(37)29-10-4-2-5-11-29/h2-27H,1H3. The van der Waals surface area contributed by atoms with Crippen molar-refractivity contribution >= 4 is 43.4 Å². The van der Waals surface area contributed by atoms with E-state index in [0.717, 1.165) is 28.0 Å². The summed E-state index contributed by atoms with van der Waals surface area (Å²) >= 11 is 0. The summed E-state index contributed by atoms with van der Waals surface area (Å²) in [6.07, 6.45) is 5.80. The number of hydrogen-bond acceptors (Lipinski definition) is 2. The molecular weight excluding hydrogens is 558 g/mol. The van der Waals surface area contributed by atoms with Gasteiger partial charge >= 0.3 is 0 Å². The van der Waals surface area contributed by atoms with Gasteiger partial charge in [-0.1, -0.05) is 109 Å². The second-order valence-electron chi connectivity index (χ2n) is 11.9. The van der Waals surface area contributed by atoms with Gasteiger partial charge in [-0.3, -0.25) is 9.55 Å². The smallest absolute Gasteiger partial charge is 0.137 e. The highest BCUT2D eigenvalue weighted by Gasteiger charge is 2.18. The number of rotatable bonds is 4. The second kappa shape index (κ2) is 10.5. The topological polar surface area (TPSA) is 30.7 Å². The third-order valence-electron chi connectivity index (χ3n) is 9.18. The summed E-state index contributed by atoms with van der Waals surface area (Å²) in [5, 5.41) is 7.37. The van der Waals surface area contributed by atoms with E-state index in [4.69, 9.17) is 4.98 Å². The highest BCUT2D eigenvalue weighted by Crippen LogP contribution is 2.44. The van der Waals surface area contributed by atoms with Crippen molar-refractivity contribution in [1.29, 1.82) is 0 Å². The molecule has 46 heavy (non-hydrogen) atoms. The summed E-state index contributed by atoms with van der Waals surface area (Å²) in [5.41, 5.74) is 10.6. The zero-order valence-electron chi connectivity index (χ0n) is 25.4. The molecule has 3 aromatic heterocycles. The Balaban J connectivity index is 1.26. The Morgan fingerprint density at radius 2 is 1.04 bits per heavy atom. The Labute approximate surface area is 267 Å². The Kier molecular flexibility index (Phi) is 6.04. The summed E-state index contributed by atoms with van der Waals surface area (Å²) in [5.74, 6) is 0.880. The van der Waals surface area contributed by atoms with Gasteiger partial charge in [-0.2, -0.15) is 0 Å². The summed E-state index contributed by atoms with van der Waals surface area (Å²) in [6.45, 7) is 2.13. The first-order chi connectivity index (χ1) is 22.7. The lowest BCUT2D eigenvalue weighted by Gasteiger charge is -2.18. The number of aromatic nitrogens is 3. The van der Waals surface area contributed by atoms with Crippen LogP contribution in [0.2, 0.25) is 0 Å². The van der Waals surface area contributed by atoms with Crippen LogP contribution in [0.4, 0.5) is 0 Å². The number of aryl methyl sites for hydroxylation is 1. The monoisotopic (exact) mass is 587 g/mol. The Bertz CT molecular complexity index is 2560. The van der Waals surface area contributed by atoms with E-state index < -0.39 is 0 Å². The van der Waals surface area contributed by atoms with Gasteiger partial charge in [-0.15, -0.1) is 0 Å². The quantitative estimate of drug-likeness (QED) is 0.192. The van der Waals surface area contributed by atoms with Crippen molar-refractivity contribution in [2.75, 3.05) is 0 Å². The van der Waals surface area contributed by atoms with Gasteiger partial charge in [0.25, 0.3) is 0 Å². The maximum atomic E-state index is 5.04. The van der Waals surface area contributed by atoms with Crippen LogP contribution in [0, 0.1) is 6.92 Å². The summed E-state index contributed by atoms with van der Waals surface area (Å²) in [7, 11) is 0. The van der Waals surface area contributed by atoms with Gasteiger partial charge in [0.05, 0.1) is 17.2 Å². The van der Waals surface area contributed by atoms with Gasteiger partial charge in [0, 0.05) is 28.7 Å². The molecule has 0 N–H and O–H groups in total. The molecule has 3 heteroatoms. The van der Waals surface area contributed by atoms with Crippen LogP contribution in [-0.4, -0.2) is 14.5 Å². The lowest BCUT2D eigenvalue weighted by atomic mass is 9.85. The molecule has 0 saturated heterocycles. The molecule has 0 aliphatic heterocycles. The number of fused-ring (bicyclic) bond motifs is 5. The van der Waals surface area contributed by atoms with Crippen molar-refractivity contribution in [3.63, 3.8) is 0 Å². The van der Waals surface area contributed by atoms with Crippen LogP contribution in [0.15, 0.2) is 158 Å². The van der Waals surface area contributed by atoms with Crippen molar-refractivity contribution in [1.82, 2.24) is 14.5 Å². The Morgan fingerprint density at radius 3 is 1.74 bits per heavy atom. The van der Waals surface area contributed by atoms with E-state index in [1.165, 1.54) is 60.1 Å². The first kappa shape index (κ1) is 26.4. The molecular formula is C43H29N3. The minimum Gasteiger partial charge on any atom is -0.292 e. The zero-order chi connectivity index (χ0) is 30.6. The molecule has 0 bridgehead atoms. The fourth-order valence-corrected chi connectivity index (χ4v) is 7.10. The second-order valence-corrected chi connectivity index (χ2v) is 11.9. The van der Waals surface area contributed by atoms with Crippen molar-refractivity contribution < 1.29 is 0 Å². The normalized spacial score (nSPS) is 11.6. The molecule has 0 aliphatic rings. The number of nitrogens with zero attached hydrogens (tertiary/aromatic N) is 3. The van der Waals surface area contributed by atoms with Crippen LogP contribution in [0.25, 0.3) is 82.5 Å². The fraction of sp³-hybridized carbons (Fsp3) is 0.0233. The van der Waals surface area contributed by atoms with E-state index in [0.29, 0.717) is 0 Å². The van der Waals surface area contributed by atoms with Crippen molar-refractivity contribution in [2.24, 2.45) is 0 Å². The first-order valence-electron chi connectivity index (χ1n) is 15.7. The lowest BCUT2D eigenvalue weighted by molar-refractivity contribution is 1.07. The molecule has 0 amide bonds. The number of pyridine rings is 2. The van der Waals surface area contributed by atoms with Crippen molar-refractivity contribution in [3.8, 4) is 39.2 Å². The predicted molar refractivity (Wildman–Crippen MR) is 192 cm³/mol. The third-order valence-corrected chi connectivity index (χ3v) is 9.18. The molecule has 0 unspecified atom stereocenters. The van der Waals surface area contributed by atoms with Crippen LogP contribution in [0.5, 0.6) is 0 Å². The SMILES string of the molecule is Cc1ccc2c3ccncc3n(-c3ccc(-c4ccc5c(-c6ccccc6)c6ccccc6c(-c6ccccc6)c5c4)cn3)c2c1.